The molecule has 7 nitrogen and oxygen atoms in total. The minimum atomic E-state index is -0.0887. The van der Waals surface area contributed by atoms with E-state index in [1.165, 1.54) is 116 Å². The molecule has 0 amide bonds. The number of hydrogen-bond donors (Lipinski definition) is 2. The number of rotatable bonds is 41. The number of carbonyl (C=O) groups excluding carboxylic acids is 2. The number of carbonyl (C=O) groups is 2. The fourth-order valence-corrected chi connectivity index (χ4v) is 6.64. The van der Waals surface area contributed by atoms with Crippen LogP contribution in [0.1, 0.15) is 213 Å². The Hall–Kier alpha value is -1.18. The first kappa shape index (κ1) is 48.8. The Morgan fingerprint density at radius 1 is 0.520 bits per heavy atom. The van der Waals surface area contributed by atoms with Gasteiger partial charge in [-0.1, -0.05) is 136 Å². The van der Waals surface area contributed by atoms with Crippen LogP contribution in [0, 0.1) is 0 Å². The summed E-state index contributed by atoms with van der Waals surface area (Å²) < 4.78 is 11.4. The molecule has 0 aliphatic heterocycles. The van der Waals surface area contributed by atoms with E-state index in [2.05, 4.69) is 31.0 Å². The van der Waals surface area contributed by atoms with Gasteiger partial charge in [-0.05, 0) is 90.4 Å². The van der Waals surface area contributed by atoms with Crippen molar-refractivity contribution in [2.24, 2.45) is 0 Å². The molecule has 0 fully saturated rings. The summed E-state index contributed by atoms with van der Waals surface area (Å²) in [6.07, 6.45) is 34.5. The number of nitrogens with one attached hydrogen (secondary N) is 1. The first-order valence-electron chi connectivity index (χ1n) is 22.0. The molecule has 0 aromatic carbocycles. The van der Waals surface area contributed by atoms with Gasteiger partial charge in [0.05, 0.1) is 13.2 Å². The summed E-state index contributed by atoms with van der Waals surface area (Å²) in [5, 5.41) is 13.0. The van der Waals surface area contributed by atoms with Crippen LogP contribution >= 0.6 is 0 Å². The van der Waals surface area contributed by atoms with Crippen molar-refractivity contribution in [2.45, 2.75) is 219 Å². The van der Waals surface area contributed by atoms with Gasteiger partial charge in [0.2, 0.25) is 0 Å². The Morgan fingerprint density at radius 3 is 1.54 bits per heavy atom. The molecular weight excluding hydrogens is 624 g/mol. The second-order valence-corrected chi connectivity index (χ2v) is 14.9. The predicted molar refractivity (Wildman–Crippen MR) is 213 cm³/mol. The number of esters is 2. The van der Waals surface area contributed by atoms with Crippen LogP contribution in [0.3, 0.4) is 0 Å². The highest BCUT2D eigenvalue weighted by molar-refractivity contribution is 5.69. The zero-order valence-electron chi connectivity index (χ0n) is 33.8. The van der Waals surface area contributed by atoms with Crippen LogP contribution in [0.25, 0.3) is 0 Å². The first-order chi connectivity index (χ1) is 24.6. The molecule has 0 rings (SSSR count). The van der Waals surface area contributed by atoms with E-state index in [0.717, 1.165) is 90.4 Å². The maximum atomic E-state index is 12.6. The minimum Gasteiger partial charge on any atom is -0.466 e. The zero-order chi connectivity index (χ0) is 36.6. The molecule has 0 aliphatic rings. The molecule has 298 valence electrons. The maximum absolute atomic E-state index is 12.6. The lowest BCUT2D eigenvalue weighted by Crippen LogP contribution is -2.30. The lowest BCUT2D eigenvalue weighted by molar-refractivity contribution is -0.150. The lowest BCUT2D eigenvalue weighted by Gasteiger charge is -2.21. The molecule has 0 atom stereocenters. The molecule has 0 aromatic rings. The van der Waals surface area contributed by atoms with Gasteiger partial charge in [0.15, 0.2) is 0 Å². The molecule has 0 bridgehead atoms. The SMILES string of the molecule is CCCCCCCCCCOC(=O)CCCN(CCO)CCCCNCCCCCC(=O)OC(CCCCCCCC)CCCCCCCC. The van der Waals surface area contributed by atoms with Crippen LogP contribution < -0.4 is 5.32 Å². The quantitative estimate of drug-likeness (QED) is 0.0482. The Kier molecular flexibility index (Phi) is 39.6. The highest BCUT2D eigenvalue weighted by atomic mass is 16.5. The molecule has 7 heteroatoms. The van der Waals surface area contributed by atoms with E-state index in [4.69, 9.17) is 9.47 Å². The third kappa shape index (κ3) is 36.6. The fourth-order valence-electron chi connectivity index (χ4n) is 6.64. The van der Waals surface area contributed by atoms with E-state index < -0.39 is 0 Å². The molecule has 0 spiro atoms. The molecule has 0 heterocycles. The minimum absolute atomic E-state index is 0.00283. The number of aliphatic hydroxyl groups excluding tert-OH is 1. The summed E-state index contributed by atoms with van der Waals surface area (Å²) in [5.74, 6) is -0.0859. The van der Waals surface area contributed by atoms with Gasteiger partial charge in [-0.25, -0.2) is 0 Å². The van der Waals surface area contributed by atoms with Crippen molar-refractivity contribution >= 4 is 11.9 Å². The summed E-state index contributed by atoms with van der Waals surface area (Å²) in [7, 11) is 0. The molecule has 50 heavy (non-hydrogen) atoms. The van der Waals surface area contributed by atoms with Crippen LogP contribution in [-0.4, -0.2) is 74.0 Å². The third-order valence-corrected chi connectivity index (χ3v) is 9.90. The van der Waals surface area contributed by atoms with Crippen molar-refractivity contribution in [1.29, 1.82) is 0 Å². The molecule has 0 radical (unpaired) electrons. The second-order valence-electron chi connectivity index (χ2n) is 14.9. The topological polar surface area (TPSA) is 88.1 Å². The van der Waals surface area contributed by atoms with E-state index in [1.807, 2.05) is 0 Å². The predicted octanol–water partition coefficient (Wildman–Crippen LogP) is 11.1. The van der Waals surface area contributed by atoms with Gasteiger partial charge in [0.25, 0.3) is 0 Å². The summed E-state index contributed by atoms with van der Waals surface area (Å²) >= 11 is 0. The molecule has 0 saturated heterocycles. The number of aliphatic hydroxyl groups is 1. The summed E-state index contributed by atoms with van der Waals surface area (Å²) in [5.41, 5.74) is 0. The molecule has 0 unspecified atom stereocenters. The monoisotopic (exact) mass is 711 g/mol. The van der Waals surface area contributed by atoms with Gasteiger partial charge >= 0.3 is 11.9 Å². The van der Waals surface area contributed by atoms with E-state index >= 15 is 0 Å². The van der Waals surface area contributed by atoms with Gasteiger partial charge in [-0.15, -0.1) is 0 Å². The van der Waals surface area contributed by atoms with E-state index in [0.29, 0.717) is 26.0 Å². The molecule has 0 saturated carbocycles. The third-order valence-electron chi connectivity index (χ3n) is 9.90. The molecular formula is C43H86N2O5. The number of nitrogens with zero attached hydrogens (tertiary/aromatic N) is 1. The Morgan fingerprint density at radius 2 is 0.980 bits per heavy atom. The van der Waals surface area contributed by atoms with Gasteiger partial charge < -0.3 is 24.8 Å². The van der Waals surface area contributed by atoms with Gasteiger partial charge in [0, 0.05) is 19.4 Å². The van der Waals surface area contributed by atoms with Crippen LogP contribution in [0.4, 0.5) is 0 Å². The number of unbranched alkanes of at least 4 members (excludes halogenated alkanes) is 20. The average Bonchev–Trinajstić information content (AvgIpc) is 3.11. The standard InChI is InChI=1S/C43H86N2O5/c1-4-7-10-13-16-17-20-28-40-49-42(47)33-29-37-45(38-39-46)36-27-26-35-44-34-25-21-24-32-43(48)50-41(30-22-18-14-11-8-5-2)31-23-19-15-12-9-6-3/h41,44,46H,4-40H2,1-3H3. The summed E-state index contributed by atoms with van der Waals surface area (Å²) in [6, 6.07) is 0. The van der Waals surface area contributed by atoms with Crippen molar-refractivity contribution in [3.05, 3.63) is 0 Å². The van der Waals surface area contributed by atoms with Gasteiger partial charge in [-0.3, -0.25) is 9.59 Å². The molecule has 2 N–H and O–H groups in total. The van der Waals surface area contributed by atoms with Crippen LogP contribution in [0.5, 0.6) is 0 Å². The summed E-state index contributed by atoms with van der Waals surface area (Å²) in [4.78, 5) is 27.0. The Labute approximate surface area is 311 Å². The van der Waals surface area contributed by atoms with Crippen molar-refractivity contribution in [3.63, 3.8) is 0 Å². The molecule has 0 aromatic heterocycles. The van der Waals surface area contributed by atoms with Crippen molar-refractivity contribution in [3.8, 4) is 0 Å². The van der Waals surface area contributed by atoms with E-state index in [9.17, 15) is 14.7 Å². The molecule has 0 aliphatic carbocycles. The van der Waals surface area contributed by atoms with Crippen LogP contribution in [-0.2, 0) is 19.1 Å². The van der Waals surface area contributed by atoms with Crippen LogP contribution in [0.15, 0.2) is 0 Å². The zero-order valence-corrected chi connectivity index (χ0v) is 33.8. The Bertz CT molecular complexity index is 691. The Balaban J connectivity index is 3.91. The van der Waals surface area contributed by atoms with Crippen molar-refractivity contribution in [2.75, 3.05) is 45.9 Å². The average molecular weight is 711 g/mol. The van der Waals surface area contributed by atoms with Crippen LogP contribution in [0.2, 0.25) is 0 Å². The van der Waals surface area contributed by atoms with Gasteiger partial charge in [-0.2, -0.15) is 0 Å². The van der Waals surface area contributed by atoms with E-state index in [1.54, 1.807) is 0 Å². The lowest BCUT2D eigenvalue weighted by atomic mass is 10.0. The first-order valence-corrected chi connectivity index (χ1v) is 22.0. The maximum Gasteiger partial charge on any atom is 0.306 e. The largest absolute Gasteiger partial charge is 0.466 e. The smallest absolute Gasteiger partial charge is 0.306 e. The van der Waals surface area contributed by atoms with E-state index in [-0.39, 0.29) is 24.6 Å². The van der Waals surface area contributed by atoms with Crippen molar-refractivity contribution in [1.82, 2.24) is 10.2 Å². The normalized spacial score (nSPS) is 11.6. The fraction of sp³-hybridized carbons (Fsp3) is 0.953. The number of hydrogen-bond acceptors (Lipinski definition) is 7. The van der Waals surface area contributed by atoms with Gasteiger partial charge in [0.1, 0.15) is 6.10 Å². The highest BCUT2D eigenvalue weighted by Crippen LogP contribution is 2.18. The number of ether oxygens (including phenoxy) is 2. The second kappa shape index (κ2) is 40.6. The highest BCUT2D eigenvalue weighted by Gasteiger charge is 2.14. The van der Waals surface area contributed by atoms with Crippen molar-refractivity contribution < 1.29 is 24.2 Å². The summed E-state index contributed by atoms with van der Waals surface area (Å²) in [6.45, 7) is 11.8.